The highest BCUT2D eigenvalue weighted by Crippen LogP contribution is 2.28. The summed E-state index contributed by atoms with van der Waals surface area (Å²) in [5.41, 5.74) is 3.01. The number of carbonyl (C=O) groups is 1. The number of hydrogen-bond acceptors (Lipinski definition) is 5. The van der Waals surface area contributed by atoms with E-state index in [1.54, 1.807) is 30.5 Å². The fourth-order valence-corrected chi connectivity index (χ4v) is 3.96. The summed E-state index contributed by atoms with van der Waals surface area (Å²) in [4.78, 5) is 16.9. The predicted molar refractivity (Wildman–Crippen MR) is 125 cm³/mol. The van der Waals surface area contributed by atoms with Crippen LogP contribution < -0.4 is 5.32 Å². The zero-order chi connectivity index (χ0) is 21.8. The number of anilines is 1. The molecule has 1 amide bonds. The summed E-state index contributed by atoms with van der Waals surface area (Å²) in [5.74, 6) is 0.566. The second-order valence-electron chi connectivity index (χ2n) is 6.58. The van der Waals surface area contributed by atoms with Gasteiger partial charge in [0.1, 0.15) is 5.69 Å². The Morgan fingerprint density at radius 3 is 2.58 bits per heavy atom. The normalized spacial score (nSPS) is 10.8. The molecule has 0 fully saturated rings. The van der Waals surface area contributed by atoms with Gasteiger partial charge in [0.2, 0.25) is 5.91 Å². The smallest absolute Gasteiger partial charge is 0.234 e. The number of carbonyl (C=O) groups excluding carboxylic acids is 1. The number of thioether (sulfide) groups is 1. The first kappa shape index (κ1) is 21.4. The van der Waals surface area contributed by atoms with Crippen molar-refractivity contribution in [2.24, 2.45) is 0 Å². The number of halogens is 2. The van der Waals surface area contributed by atoms with Crippen LogP contribution in [0.3, 0.4) is 0 Å². The Kier molecular flexibility index (Phi) is 6.56. The number of pyridine rings is 1. The van der Waals surface area contributed by atoms with Crippen LogP contribution in [0.25, 0.3) is 17.2 Å². The van der Waals surface area contributed by atoms with Crippen LogP contribution in [-0.4, -0.2) is 31.4 Å². The van der Waals surface area contributed by atoms with Crippen molar-refractivity contribution in [3.63, 3.8) is 0 Å². The van der Waals surface area contributed by atoms with Crippen molar-refractivity contribution >= 4 is 46.6 Å². The van der Waals surface area contributed by atoms with E-state index in [1.165, 1.54) is 11.8 Å². The summed E-state index contributed by atoms with van der Waals surface area (Å²) in [6.45, 7) is 1.86. The molecule has 2 heterocycles. The van der Waals surface area contributed by atoms with Gasteiger partial charge in [-0.15, -0.1) is 10.2 Å². The largest absolute Gasteiger partial charge is 0.325 e. The number of amides is 1. The molecule has 0 aliphatic carbocycles. The van der Waals surface area contributed by atoms with Gasteiger partial charge in [-0.25, -0.2) is 0 Å². The maximum atomic E-state index is 12.6. The van der Waals surface area contributed by atoms with Crippen LogP contribution in [0.2, 0.25) is 10.0 Å². The zero-order valence-electron chi connectivity index (χ0n) is 16.4. The van der Waals surface area contributed by atoms with Gasteiger partial charge in [-0.3, -0.25) is 14.3 Å². The fourth-order valence-electron chi connectivity index (χ4n) is 2.91. The van der Waals surface area contributed by atoms with Gasteiger partial charge >= 0.3 is 0 Å². The minimum atomic E-state index is -0.166. The lowest BCUT2D eigenvalue weighted by molar-refractivity contribution is -0.113. The fraction of sp³-hybridized carbons (Fsp3) is 0.0909. The number of nitrogens with zero attached hydrogens (tertiary/aromatic N) is 4. The van der Waals surface area contributed by atoms with Gasteiger partial charge in [-0.2, -0.15) is 0 Å². The molecule has 0 aliphatic rings. The third kappa shape index (κ3) is 4.90. The third-order valence-corrected chi connectivity index (χ3v) is 6.08. The summed E-state index contributed by atoms with van der Waals surface area (Å²) in [6.07, 6.45) is 1.70. The lowest BCUT2D eigenvalue weighted by Crippen LogP contribution is -2.15. The lowest BCUT2D eigenvalue weighted by atomic mass is 10.2. The van der Waals surface area contributed by atoms with Crippen molar-refractivity contribution < 1.29 is 4.79 Å². The third-order valence-electron chi connectivity index (χ3n) is 4.49. The molecule has 1 N–H and O–H groups in total. The lowest BCUT2D eigenvalue weighted by Gasteiger charge is -2.11. The topological polar surface area (TPSA) is 72.7 Å². The van der Waals surface area contributed by atoms with Crippen molar-refractivity contribution in [3.8, 4) is 17.2 Å². The molecule has 0 saturated carbocycles. The molecule has 4 rings (SSSR count). The number of nitrogens with one attached hydrogen (secondary N) is 1. The maximum absolute atomic E-state index is 12.6. The average Bonchev–Trinajstić information content (AvgIpc) is 3.21. The first-order valence-electron chi connectivity index (χ1n) is 9.33. The van der Waals surface area contributed by atoms with Gasteiger partial charge < -0.3 is 5.32 Å². The molecule has 2 aromatic carbocycles. The minimum absolute atomic E-state index is 0.153. The Bertz CT molecular complexity index is 1210. The van der Waals surface area contributed by atoms with Gasteiger partial charge in [0, 0.05) is 27.6 Å². The van der Waals surface area contributed by atoms with Crippen LogP contribution in [-0.2, 0) is 4.79 Å². The molecule has 0 aliphatic heterocycles. The molecular weight excluding hydrogens is 453 g/mol. The molecule has 0 saturated heterocycles. The van der Waals surface area contributed by atoms with Gasteiger partial charge in [0.15, 0.2) is 11.0 Å². The predicted octanol–water partition coefficient (Wildman–Crippen LogP) is 5.68. The van der Waals surface area contributed by atoms with Crippen LogP contribution in [0.4, 0.5) is 5.69 Å². The molecule has 0 atom stereocenters. The van der Waals surface area contributed by atoms with E-state index in [1.807, 2.05) is 47.9 Å². The van der Waals surface area contributed by atoms with E-state index in [9.17, 15) is 4.79 Å². The molecule has 0 unspecified atom stereocenters. The second-order valence-corrected chi connectivity index (χ2v) is 8.37. The molecule has 156 valence electrons. The summed E-state index contributed by atoms with van der Waals surface area (Å²) in [6, 6.07) is 18.3. The minimum Gasteiger partial charge on any atom is -0.325 e. The molecule has 4 aromatic rings. The highest BCUT2D eigenvalue weighted by molar-refractivity contribution is 7.99. The van der Waals surface area contributed by atoms with Gasteiger partial charge in [0.25, 0.3) is 0 Å². The Morgan fingerprint density at radius 2 is 1.84 bits per heavy atom. The molecular formula is C22H17Cl2N5OS. The van der Waals surface area contributed by atoms with E-state index in [4.69, 9.17) is 23.2 Å². The average molecular weight is 470 g/mol. The Balaban J connectivity index is 1.59. The Labute approximate surface area is 193 Å². The van der Waals surface area contributed by atoms with Crippen molar-refractivity contribution in [2.75, 3.05) is 11.1 Å². The van der Waals surface area contributed by atoms with Crippen LogP contribution >= 0.6 is 35.0 Å². The molecule has 6 nitrogen and oxygen atoms in total. The summed E-state index contributed by atoms with van der Waals surface area (Å²) in [5, 5.41) is 13.3. The monoisotopic (exact) mass is 469 g/mol. The molecule has 0 spiro atoms. The molecule has 9 heteroatoms. The van der Waals surface area contributed by atoms with E-state index >= 15 is 0 Å². The van der Waals surface area contributed by atoms with Crippen LogP contribution in [0.1, 0.15) is 5.56 Å². The van der Waals surface area contributed by atoms with E-state index in [0.29, 0.717) is 32.4 Å². The van der Waals surface area contributed by atoms with E-state index in [0.717, 1.165) is 11.3 Å². The van der Waals surface area contributed by atoms with Crippen molar-refractivity contribution in [1.82, 2.24) is 19.7 Å². The molecule has 0 radical (unpaired) electrons. The van der Waals surface area contributed by atoms with Crippen molar-refractivity contribution in [1.29, 1.82) is 0 Å². The summed E-state index contributed by atoms with van der Waals surface area (Å²) < 4.78 is 1.86. The number of aromatic nitrogens is 4. The van der Waals surface area contributed by atoms with Crippen molar-refractivity contribution in [3.05, 3.63) is 82.5 Å². The maximum Gasteiger partial charge on any atom is 0.234 e. The Morgan fingerprint density at radius 1 is 1.03 bits per heavy atom. The van der Waals surface area contributed by atoms with Crippen LogP contribution in [0, 0.1) is 6.92 Å². The zero-order valence-corrected chi connectivity index (χ0v) is 18.7. The molecule has 2 aromatic heterocycles. The summed E-state index contributed by atoms with van der Waals surface area (Å²) >= 11 is 13.5. The number of hydrogen-bond donors (Lipinski definition) is 1. The van der Waals surface area contributed by atoms with Gasteiger partial charge in [-0.05, 0) is 61.0 Å². The van der Waals surface area contributed by atoms with Crippen LogP contribution in [0.15, 0.2) is 72.0 Å². The van der Waals surface area contributed by atoms with Gasteiger partial charge in [0.05, 0.1) is 5.75 Å². The quantitative estimate of drug-likeness (QED) is 0.368. The highest BCUT2D eigenvalue weighted by atomic mass is 35.5. The van der Waals surface area contributed by atoms with E-state index in [2.05, 4.69) is 20.5 Å². The molecule has 31 heavy (non-hydrogen) atoms. The number of benzene rings is 2. The SMILES string of the molecule is Cc1c(Cl)cccc1NC(=O)CSc1nnc(-c2ccccn2)n1-c1ccc(Cl)cc1. The van der Waals surface area contributed by atoms with Gasteiger partial charge in [-0.1, -0.05) is 47.1 Å². The highest BCUT2D eigenvalue weighted by Gasteiger charge is 2.18. The summed E-state index contributed by atoms with van der Waals surface area (Å²) in [7, 11) is 0. The molecule has 0 bridgehead atoms. The standard InChI is InChI=1S/C22H17Cl2N5OS/c1-14-17(24)5-4-7-18(14)26-20(30)13-31-22-28-27-21(19-6-2-3-12-25-19)29(22)16-10-8-15(23)9-11-16/h2-12H,13H2,1H3,(H,26,30). The van der Waals surface area contributed by atoms with Crippen LogP contribution in [0.5, 0.6) is 0 Å². The second kappa shape index (κ2) is 9.51. The van der Waals surface area contributed by atoms with E-state index < -0.39 is 0 Å². The first-order valence-corrected chi connectivity index (χ1v) is 11.1. The van der Waals surface area contributed by atoms with Crippen molar-refractivity contribution in [2.45, 2.75) is 12.1 Å². The first-order chi connectivity index (χ1) is 15.0. The van der Waals surface area contributed by atoms with E-state index in [-0.39, 0.29) is 11.7 Å². The number of rotatable bonds is 6. The Hall–Kier alpha value is -2.87.